The number of hydrogen-bond acceptors (Lipinski definition) is 10. The van der Waals surface area contributed by atoms with Gasteiger partial charge in [0, 0.05) is 12.3 Å². The maximum atomic E-state index is 13.8. The first-order valence-electron chi connectivity index (χ1n) is 7.67. The van der Waals surface area contributed by atoms with Crippen LogP contribution in [0.5, 0.6) is 0 Å². The summed E-state index contributed by atoms with van der Waals surface area (Å²) in [5.74, 6) is 0. The molecule has 1 fully saturated rings. The highest BCUT2D eigenvalue weighted by Crippen LogP contribution is 2.66. The molecule has 31 heavy (non-hydrogen) atoms. The molecule has 0 bridgehead atoms. The van der Waals surface area contributed by atoms with Crippen molar-refractivity contribution in [1.29, 1.82) is 0 Å². The van der Waals surface area contributed by atoms with E-state index in [1.54, 1.807) is 0 Å². The number of hydrogen-bond donors (Lipinski definition) is 6. The Morgan fingerprint density at radius 1 is 1.19 bits per heavy atom. The van der Waals surface area contributed by atoms with E-state index >= 15 is 0 Å². The second kappa shape index (κ2) is 9.23. The number of phosphoric ester groups is 1. The Balaban J connectivity index is 2.21. The molecule has 2 rings (SSSR count). The SMILES string of the molecule is O=c1ccn(C2O[C@](CF)(COP(=O)(O)OP(=O)(O)OP(=O)(O)O)[C@@H](O)[C@@H]2Cl)c(=O)[nH]1. The fourth-order valence-corrected chi connectivity index (χ4v) is 5.90. The summed E-state index contributed by atoms with van der Waals surface area (Å²) >= 11 is 5.96. The number of aromatic nitrogens is 2. The standard InChI is InChI=1S/C10H15ClFN2O14P3/c11-6-7(16)10(3-12,26-8(6)14-2-1-5(15)13-9(14)17)4-25-30(21,22)28-31(23,24)27-29(18,19)20/h1-2,6-8,16H,3-4H2,(H,21,22)(H,23,24)(H,13,15,17)(H2,18,19,20)/t6-,7-,8?,10+/m0/s1. The Bertz CT molecular complexity index is 1070. The van der Waals surface area contributed by atoms with Gasteiger partial charge in [-0.2, -0.15) is 8.62 Å². The van der Waals surface area contributed by atoms with Crippen molar-refractivity contribution in [1.82, 2.24) is 9.55 Å². The smallest absolute Gasteiger partial charge is 0.388 e. The van der Waals surface area contributed by atoms with Crippen molar-refractivity contribution >= 4 is 35.1 Å². The van der Waals surface area contributed by atoms with E-state index in [9.17, 15) is 37.7 Å². The average molecular weight is 535 g/mol. The molecule has 0 aromatic carbocycles. The number of halogens is 2. The van der Waals surface area contributed by atoms with Crippen molar-refractivity contribution in [2.24, 2.45) is 0 Å². The van der Waals surface area contributed by atoms with Gasteiger partial charge in [0.25, 0.3) is 5.56 Å². The van der Waals surface area contributed by atoms with Gasteiger partial charge in [-0.3, -0.25) is 18.9 Å². The topological polar surface area (TPSA) is 244 Å². The molecule has 0 aliphatic carbocycles. The Morgan fingerprint density at radius 3 is 2.32 bits per heavy atom. The number of phosphoric acid groups is 3. The Labute approximate surface area is 175 Å². The van der Waals surface area contributed by atoms with E-state index in [0.29, 0.717) is 4.57 Å². The Kier molecular flexibility index (Phi) is 7.89. The highest BCUT2D eigenvalue weighted by molar-refractivity contribution is 7.66. The number of aliphatic hydroxyl groups is 1. The fourth-order valence-electron chi connectivity index (χ4n) is 2.42. The van der Waals surface area contributed by atoms with Crippen LogP contribution in [0.4, 0.5) is 4.39 Å². The van der Waals surface area contributed by atoms with Crippen molar-refractivity contribution in [2.45, 2.75) is 23.3 Å². The zero-order valence-electron chi connectivity index (χ0n) is 14.8. The Morgan fingerprint density at radius 2 is 1.81 bits per heavy atom. The molecule has 0 saturated carbocycles. The minimum atomic E-state index is -5.83. The van der Waals surface area contributed by atoms with Gasteiger partial charge in [-0.15, -0.1) is 11.6 Å². The fraction of sp³-hybridized carbons (Fsp3) is 0.600. The molecule has 6 atom stereocenters. The highest BCUT2D eigenvalue weighted by atomic mass is 35.5. The van der Waals surface area contributed by atoms with Crippen LogP contribution in [0.15, 0.2) is 21.9 Å². The molecule has 16 nitrogen and oxygen atoms in total. The molecule has 1 aliphatic rings. The number of aromatic amines is 1. The van der Waals surface area contributed by atoms with Crippen molar-refractivity contribution in [3.05, 3.63) is 33.1 Å². The van der Waals surface area contributed by atoms with Crippen LogP contribution in [0.25, 0.3) is 0 Å². The molecule has 0 radical (unpaired) electrons. The Hall–Kier alpha value is -0.770. The monoisotopic (exact) mass is 534 g/mol. The molecule has 21 heteroatoms. The zero-order valence-corrected chi connectivity index (χ0v) is 18.2. The highest BCUT2D eigenvalue weighted by Gasteiger charge is 2.56. The van der Waals surface area contributed by atoms with E-state index < -0.39 is 71.3 Å². The molecule has 1 aromatic rings. The summed E-state index contributed by atoms with van der Waals surface area (Å²) in [7, 11) is -17.1. The third-order valence-electron chi connectivity index (χ3n) is 3.71. The second-order valence-corrected chi connectivity index (χ2v) is 10.9. The summed E-state index contributed by atoms with van der Waals surface area (Å²) in [4.78, 5) is 60.4. The normalized spacial score (nSPS) is 30.6. The van der Waals surface area contributed by atoms with Crippen molar-refractivity contribution in [3.8, 4) is 0 Å². The van der Waals surface area contributed by atoms with Gasteiger partial charge in [-0.05, 0) is 0 Å². The van der Waals surface area contributed by atoms with Crippen LogP contribution in [0, 0.1) is 0 Å². The van der Waals surface area contributed by atoms with E-state index in [1.807, 2.05) is 4.98 Å². The molecule has 0 spiro atoms. The van der Waals surface area contributed by atoms with Crippen LogP contribution >= 0.6 is 35.1 Å². The lowest BCUT2D eigenvalue weighted by Crippen LogP contribution is -2.48. The number of nitrogens with zero attached hydrogens (tertiary/aromatic N) is 1. The van der Waals surface area contributed by atoms with Gasteiger partial charge in [0.1, 0.15) is 18.2 Å². The minimum absolute atomic E-state index is 0.685. The zero-order chi connectivity index (χ0) is 23.8. The van der Waals surface area contributed by atoms with Crippen LogP contribution in [0.1, 0.15) is 6.23 Å². The lowest BCUT2D eigenvalue weighted by molar-refractivity contribution is -0.135. The van der Waals surface area contributed by atoms with Crippen LogP contribution < -0.4 is 11.2 Å². The third kappa shape index (κ3) is 6.62. The van der Waals surface area contributed by atoms with Crippen LogP contribution in [0.2, 0.25) is 0 Å². The van der Waals surface area contributed by atoms with E-state index in [1.165, 1.54) is 0 Å². The van der Waals surface area contributed by atoms with Crippen molar-refractivity contribution in [3.63, 3.8) is 0 Å². The van der Waals surface area contributed by atoms with Crippen LogP contribution in [-0.4, -0.2) is 64.6 Å². The van der Waals surface area contributed by atoms with Gasteiger partial charge in [0.05, 0.1) is 6.61 Å². The quantitative estimate of drug-likeness (QED) is 0.166. The molecular weight excluding hydrogens is 519 g/mol. The maximum absolute atomic E-state index is 13.8. The first-order valence-corrected chi connectivity index (χ1v) is 12.6. The van der Waals surface area contributed by atoms with E-state index in [0.717, 1.165) is 12.3 Å². The molecule has 6 N–H and O–H groups in total. The third-order valence-corrected chi connectivity index (χ3v) is 7.94. The van der Waals surface area contributed by atoms with Gasteiger partial charge in [-0.1, -0.05) is 0 Å². The number of nitrogens with one attached hydrogen (secondary N) is 1. The molecular formula is C10H15ClFN2O14P3. The molecule has 3 unspecified atom stereocenters. The molecule has 1 aliphatic heterocycles. The van der Waals surface area contributed by atoms with Crippen molar-refractivity contribution < 1.29 is 60.6 Å². The van der Waals surface area contributed by atoms with Crippen LogP contribution in [0.3, 0.4) is 0 Å². The lowest BCUT2D eigenvalue weighted by Gasteiger charge is -2.29. The van der Waals surface area contributed by atoms with E-state index in [2.05, 4.69) is 13.1 Å². The molecule has 0 amide bonds. The summed E-state index contributed by atoms with van der Waals surface area (Å²) in [6.07, 6.45) is -2.67. The van der Waals surface area contributed by atoms with E-state index in [4.69, 9.17) is 31.0 Å². The van der Waals surface area contributed by atoms with Crippen molar-refractivity contribution in [2.75, 3.05) is 13.3 Å². The van der Waals surface area contributed by atoms with Gasteiger partial charge >= 0.3 is 29.2 Å². The lowest BCUT2D eigenvalue weighted by atomic mass is 9.99. The average Bonchev–Trinajstić information content (AvgIpc) is 2.82. The summed E-state index contributed by atoms with van der Waals surface area (Å²) in [6.45, 7) is -2.98. The maximum Gasteiger partial charge on any atom is 0.490 e. The van der Waals surface area contributed by atoms with Crippen LogP contribution in [-0.2, 0) is 31.6 Å². The van der Waals surface area contributed by atoms with Gasteiger partial charge in [0.15, 0.2) is 11.8 Å². The molecule has 178 valence electrons. The summed E-state index contributed by atoms with van der Waals surface area (Å²) in [6, 6.07) is 0.891. The number of aliphatic hydroxyl groups excluding tert-OH is 1. The predicted molar refractivity (Wildman–Crippen MR) is 95.6 cm³/mol. The molecule has 1 aromatic heterocycles. The van der Waals surface area contributed by atoms with E-state index in [-0.39, 0.29) is 0 Å². The molecule has 1 saturated heterocycles. The number of rotatable bonds is 9. The number of H-pyrrole nitrogens is 1. The summed E-state index contributed by atoms with van der Waals surface area (Å²) < 4.78 is 64.7. The molecule has 2 heterocycles. The summed E-state index contributed by atoms with van der Waals surface area (Å²) in [5, 5.41) is 8.71. The first-order chi connectivity index (χ1) is 14.0. The first kappa shape index (κ1) is 26.5. The van der Waals surface area contributed by atoms with Gasteiger partial charge in [-0.25, -0.2) is 22.9 Å². The summed E-state index contributed by atoms with van der Waals surface area (Å²) in [5.41, 5.74) is -4.33. The minimum Gasteiger partial charge on any atom is -0.388 e. The number of alkyl halides is 2. The largest absolute Gasteiger partial charge is 0.490 e. The van der Waals surface area contributed by atoms with Gasteiger partial charge < -0.3 is 29.4 Å². The van der Waals surface area contributed by atoms with Gasteiger partial charge in [0.2, 0.25) is 0 Å². The predicted octanol–water partition coefficient (Wildman–Crippen LogP) is -0.915. The second-order valence-electron chi connectivity index (χ2n) is 5.98. The number of ether oxygens (including phenoxy) is 1.